The van der Waals surface area contributed by atoms with E-state index in [0.717, 1.165) is 12.5 Å². The Balaban J connectivity index is 2.30. The molecule has 1 aliphatic carbocycles. The Morgan fingerprint density at radius 3 is 2.08 bits per heavy atom. The Morgan fingerprint density at radius 2 is 1.75 bits per heavy atom. The van der Waals surface area contributed by atoms with Gasteiger partial charge in [-0.15, -0.1) is 0 Å². The van der Waals surface area contributed by atoms with Crippen molar-refractivity contribution in [3.63, 3.8) is 0 Å². The first-order valence-corrected chi connectivity index (χ1v) is 5.83. The standard InChI is InChI=1S/C10H20IN/c1-9(2,11)7-12-10(3,4)8-5-6-8/h8,12H,5-7H2,1-4H3. The maximum absolute atomic E-state index is 3.65. The van der Waals surface area contributed by atoms with Crippen molar-refractivity contribution in [2.45, 2.75) is 49.5 Å². The van der Waals surface area contributed by atoms with Crippen LogP contribution >= 0.6 is 22.6 Å². The number of rotatable bonds is 4. The van der Waals surface area contributed by atoms with E-state index in [9.17, 15) is 0 Å². The number of hydrogen-bond donors (Lipinski definition) is 1. The summed E-state index contributed by atoms with van der Waals surface area (Å²) >= 11 is 2.50. The zero-order valence-corrected chi connectivity index (χ0v) is 10.7. The lowest BCUT2D eigenvalue weighted by Crippen LogP contribution is -2.46. The number of nitrogens with one attached hydrogen (secondary N) is 1. The largest absolute Gasteiger partial charge is 0.310 e. The zero-order chi connectivity index (χ0) is 9.41. The topological polar surface area (TPSA) is 12.0 Å². The minimum Gasteiger partial charge on any atom is -0.310 e. The van der Waals surface area contributed by atoms with Gasteiger partial charge in [-0.25, -0.2) is 0 Å². The van der Waals surface area contributed by atoms with Crippen LogP contribution in [0.4, 0.5) is 0 Å². The molecule has 1 nitrogen and oxygen atoms in total. The van der Waals surface area contributed by atoms with E-state index < -0.39 is 0 Å². The van der Waals surface area contributed by atoms with Crippen molar-refractivity contribution in [2.24, 2.45) is 5.92 Å². The molecule has 1 rings (SSSR count). The molecule has 0 amide bonds. The molecule has 1 aliphatic rings. The fourth-order valence-corrected chi connectivity index (χ4v) is 1.58. The second-order valence-electron chi connectivity index (χ2n) is 5.07. The average molecular weight is 281 g/mol. The van der Waals surface area contributed by atoms with Crippen molar-refractivity contribution in [1.29, 1.82) is 0 Å². The highest BCUT2D eigenvalue weighted by Gasteiger charge is 2.37. The van der Waals surface area contributed by atoms with E-state index in [-0.39, 0.29) is 0 Å². The van der Waals surface area contributed by atoms with Gasteiger partial charge in [0.25, 0.3) is 0 Å². The summed E-state index contributed by atoms with van der Waals surface area (Å²) in [4.78, 5) is 0. The van der Waals surface area contributed by atoms with Crippen molar-refractivity contribution in [3.8, 4) is 0 Å². The highest BCUT2D eigenvalue weighted by molar-refractivity contribution is 14.1. The van der Waals surface area contributed by atoms with E-state index >= 15 is 0 Å². The van der Waals surface area contributed by atoms with Crippen LogP contribution in [0, 0.1) is 5.92 Å². The Bertz CT molecular complexity index is 154. The lowest BCUT2D eigenvalue weighted by molar-refractivity contribution is 0.334. The molecule has 0 atom stereocenters. The first kappa shape index (κ1) is 10.8. The molecule has 0 aliphatic heterocycles. The van der Waals surface area contributed by atoms with Gasteiger partial charge in [-0.3, -0.25) is 0 Å². The van der Waals surface area contributed by atoms with Crippen LogP contribution in [0.25, 0.3) is 0 Å². The molecule has 72 valence electrons. The van der Waals surface area contributed by atoms with Gasteiger partial charge in [0.2, 0.25) is 0 Å². The van der Waals surface area contributed by atoms with E-state index in [1.807, 2.05) is 0 Å². The van der Waals surface area contributed by atoms with E-state index in [1.165, 1.54) is 12.8 Å². The molecule has 12 heavy (non-hydrogen) atoms. The minimum absolute atomic E-state index is 0.364. The number of halogens is 1. The summed E-state index contributed by atoms with van der Waals surface area (Å²) in [5.74, 6) is 0.927. The van der Waals surface area contributed by atoms with Crippen molar-refractivity contribution in [2.75, 3.05) is 6.54 Å². The average Bonchev–Trinajstić information content (AvgIpc) is 2.62. The van der Waals surface area contributed by atoms with Gasteiger partial charge >= 0.3 is 0 Å². The fourth-order valence-electron chi connectivity index (χ4n) is 1.39. The third-order valence-corrected chi connectivity index (χ3v) is 2.94. The van der Waals surface area contributed by atoms with Crippen LogP contribution in [0.1, 0.15) is 40.5 Å². The van der Waals surface area contributed by atoms with Crippen molar-refractivity contribution >= 4 is 22.6 Å². The normalized spacial score (nSPS) is 19.8. The van der Waals surface area contributed by atoms with Crippen LogP contribution in [0.5, 0.6) is 0 Å². The van der Waals surface area contributed by atoms with Gasteiger partial charge in [0.15, 0.2) is 0 Å². The van der Waals surface area contributed by atoms with Gasteiger partial charge in [-0.1, -0.05) is 22.6 Å². The van der Waals surface area contributed by atoms with Crippen molar-refractivity contribution < 1.29 is 0 Å². The van der Waals surface area contributed by atoms with Crippen LogP contribution < -0.4 is 5.32 Å². The lowest BCUT2D eigenvalue weighted by Gasteiger charge is -2.30. The first-order chi connectivity index (χ1) is 5.31. The third-order valence-electron chi connectivity index (χ3n) is 2.56. The highest BCUT2D eigenvalue weighted by atomic mass is 127. The van der Waals surface area contributed by atoms with E-state index in [4.69, 9.17) is 0 Å². The van der Waals surface area contributed by atoms with Crippen LogP contribution in [-0.2, 0) is 0 Å². The number of alkyl halides is 1. The maximum Gasteiger partial charge on any atom is 0.0290 e. The summed E-state index contributed by atoms with van der Waals surface area (Å²) in [6.07, 6.45) is 2.84. The summed E-state index contributed by atoms with van der Waals surface area (Å²) in [6.45, 7) is 10.3. The van der Waals surface area contributed by atoms with Crippen LogP contribution in [0.15, 0.2) is 0 Å². The molecule has 0 radical (unpaired) electrons. The summed E-state index contributed by atoms with van der Waals surface area (Å²) in [5.41, 5.74) is 0.364. The molecular weight excluding hydrogens is 261 g/mol. The van der Waals surface area contributed by atoms with Crippen molar-refractivity contribution in [1.82, 2.24) is 5.32 Å². The predicted molar refractivity (Wildman–Crippen MR) is 62.9 cm³/mol. The molecule has 0 bridgehead atoms. The maximum atomic E-state index is 3.65. The molecule has 0 saturated heterocycles. The molecule has 0 aromatic rings. The fraction of sp³-hybridized carbons (Fsp3) is 1.00. The second-order valence-corrected chi connectivity index (χ2v) is 7.99. The van der Waals surface area contributed by atoms with Crippen LogP contribution in [0.3, 0.4) is 0 Å². The second kappa shape index (κ2) is 3.45. The molecule has 1 saturated carbocycles. The predicted octanol–water partition coefficient (Wildman–Crippen LogP) is 2.98. The van der Waals surface area contributed by atoms with Crippen molar-refractivity contribution in [3.05, 3.63) is 0 Å². The summed E-state index contributed by atoms with van der Waals surface area (Å²) < 4.78 is 0.379. The van der Waals surface area contributed by atoms with E-state index in [2.05, 4.69) is 55.6 Å². The SMILES string of the molecule is CC(C)(I)CNC(C)(C)C1CC1. The lowest BCUT2D eigenvalue weighted by atomic mass is 9.98. The molecule has 2 heteroatoms. The minimum atomic E-state index is 0.364. The van der Waals surface area contributed by atoms with Crippen LogP contribution in [0.2, 0.25) is 0 Å². The Morgan fingerprint density at radius 1 is 1.25 bits per heavy atom. The zero-order valence-electron chi connectivity index (χ0n) is 8.58. The Hall–Kier alpha value is 0.690. The summed E-state index contributed by atoms with van der Waals surface area (Å²) in [5, 5.41) is 3.65. The summed E-state index contributed by atoms with van der Waals surface area (Å²) in [6, 6.07) is 0. The van der Waals surface area contributed by atoms with E-state index in [0.29, 0.717) is 8.96 Å². The van der Waals surface area contributed by atoms with Gasteiger partial charge in [0, 0.05) is 15.5 Å². The van der Waals surface area contributed by atoms with Gasteiger partial charge in [-0.2, -0.15) is 0 Å². The molecule has 0 unspecified atom stereocenters. The van der Waals surface area contributed by atoms with Gasteiger partial charge in [0.05, 0.1) is 0 Å². The van der Waals surface area contributed by atoms with E-state index in [1.54, 1.807) is 0 Å². The monoisotopic (exact) mass is 281 g/mol. The molecule has 0 aromatic heterocycles. The highest BCUT2D eigenvalue weighted by Crippen LogP contribution is 2.39. The summed E-state index contributed by atoms with van der Waals surface area (Å²) in [7, 11) is 0. The Labute approximate surface area is 89.8 Å². The molecular formula is C10H20IN. The number of hydrogen-bond acceptors (Lipinski definition) is 1. The smallest absolute Gasteiger partial charge is 0.0290 e. The molecule has 0 heterocycles. The van der Waals surface area contributed by atoms with Gasteiger partial charge in [-0.05, 0) is 46.5 Å². The third kappa shape index (κ3) is 3.60. The van der Waals surface area contributed by atoms with Crippen LogP contribution in [-0.4, -0.2) is 15.5 Å². The molecule has 0 aromatic carbocycles. The first-order valence-electron chi connectivity index (χ1n) is 4.75. The van der Waals surface area contributed by atoms with Gasteiger partial charge < -0.3 is 5.32 Å². The quantitative estimate of drug-likeness (QED) is 0.617. The Kier molecular flexibility index (Phi) is 3.09. The van der Waals surface area contributed by atoms with Gasteiger partial charge in [0.1, 0.15) is 0 Å². The molecule has 0 spiro atoms. The molecule has 1 N–H and O–H groups in total. The molecule has 1 fully saturated rings.